The van der Waals surface area contributed by atoms with Crippen molar-refractivity contribution in [3.05, 3.63) is 42.3 Å². The second-order valence-corrected chi connectivity index (χ2v) is 8.73. The van der Waals surface area contributed by atoms with Crippen LogP contribution < -0.4 is 19.3 Å². The third-order valence-corrected chi connectivity index (χ3v) is 6.87. The summed E-state index contributed by atoms with van der Waals surface area (Å²) in [6, 6.07) is 9.36. The van der Waals surface area contributed by atoms with Crippen LogP contribution in [0.5, 0.6) is 11.6 Å². The van der Waals surface area contributed by atoms with Crippen molar-refractivity contribution < 1.29 is 18.6 Å². The maximum Gasteiger partial charge on any atom is 0.213 e. The summed E-state index contributed by atoms with van der Waals surface area (Å²) in [7, 11) is 1.78. The second-order valence-electron chi connectivity index (χ2n) is 8.73. The molecule has 1 aromatic carbocycles. The first-order valence-electron chi connectivity index (χ1n) is 11.6. The molecule has 32 heavy (non-hydrogen) atoms. The number of hydrogen-bond acceptors (Lipinski definition) is 6. The lowest BCUT2D eigenvalue weighted by Crippen LogP contribution is -2.38. The van der Waals surface area contributed by atoms with Crippen molar-refractivity contribution in [2.24, 2.45) is 5.92 Å². The first-order chi connectivity index (χ1) is 15.5. The molecule has 3 heterocycles. The van der Waals surface area contributed by atoms with Crippen molar-refractivity contribution in [3.8, 4) is 11.6 Å². The van der Waals surface area contributed by atoms with E-state index in [0.717, 1.165) is 38.2 Å². The summed E-state index contributed by atoms with van der Waals surface area (Å²) in [5.74, 6) is 1.59. The summed E-state index contributed by atoms with van der Waals surface area (Å²) in [6.07, 6.45) is 3.84. The van der Waals surface area contributed by atoms with Crippen LogP contribution in [-0.4, -0.2) is 56.6 Å². The van der Waals surface area contributed by atoms with Crippen LogP contribution >= 0.6 is 0 Å². The first-order valence-corrected chi connectivity index (χ1v) is 11.6. The lowest BCUT2D eigenvalue weighted by molar-refractivity contribution is 0.0848. The van der Waals surface area contributed by atoms with Gasteiger partial charge in [-0.1, -0.05) is 6.92 Å². The van der Waals surface area contributed by atoms with Crippen LogP contribution in [0.15, 0.2) is 36.5 Å². The highest BCUT2D eigenvalue weighted by Gasteiger charge is 2.36. The van der Waals surface area contributed by atoms with E-state index in [1.54, 1.807) is 19.2 Å². The van der Waals surface area contributed by atoms with E-state index in [1.165, 1.54) is 6.07 Å². The van der Waals surface area contributed by atoms with Gasteiger partial charge in [0.15, 0.2) is 0 Å². The Bertz CT molecular complexity index is 887. The molecule has 0 unspecified atom stereocenters. The minimum Gasteiger partial charge on any atom is -0.494 e. The molecule has 4 rings (SSSR count). The fourth-order valence-corrected chi connectivity index (χ4v) is 4.74. The lowest BCUT2D eigenvalue weighted by Gasteiger charge is -2.33. The predicted molar refractivity (Wildman–Crippen MR) is 124 cm³/mol. The summed E-state index contributed by atoms with van der Waals surface area (Å²) in [6.45, 7) is 9.29. The Balaban J connectivity index is 1.33. The van der Waals surface area contributed by atoms with E-state index in [1.807, 2.05) is 19.2 Å². The second kappa shape index (κ2) is 9.94. The number of pyridine rings is 1. The molecule has 174 valence electrons. The highest BCUT2D eigenvalue weighted by molar-refractivity contribution is 5.52. The molecule has 0 amide bonds. The minimum atomic E-state index is -0.216. The average Bonchev–Trinajstić information content (AvgIpc) is 3.10. The van der Waals surface area contributed by atoms with Crippen LogP contribution in [0.25, 0.3) is 0 Å². The monoisotopic (exact) mass is 443 g/mol. The van der Waals surface area contributed by atoms with Crippen LogP contribution in [0.4, 0.5) is 15.8 Å². The summed E-state index contributed by atoms with van der Waals surface area (Å²) in [5.41, 5.74) is 1.69. The minimum absolute atomic E-state index is 0.0753. The highest BCUT2D eigenvalue weighted by atomic mass is 19.1. The van der Waals surface area contributed by atoms with Gasteiger partial charge in [-0.3, -0.25) is 0 Å². The molecular formula is C25H34FN3O3. The number of benzene rings is 1. The van der Waals surface area contributed by atoms with Gasteiger partial charge in [0.2, 0.25) is 5.88 Å². The molecule has 2 fully saturated rings. The molecule has 0 radical (unpaired) electrons. The van der Waals surface area contributed by atoms with Gasteiger partial charge in [0.25, 0.3) is 0 Å². The van der Waals surface area contributed by atoms with Crippen LogP contribution in [0.3, 0.4) is 0 Å². The molecule has 6 nitrogen and oxygen atoms in total. The van der Waals surface area contributed by atoms with E-state index in [4.69, 9.17) is 14.2 Å². The van der Waals surface area contributed by atoms with Gasteiger partial charge in [-0.15, -0.1) is 0 Å². The zero-order chi connectivity index (χ0) is 22.7. The fraction of sp³-hybridized carbons (Fsp3) is 0.560. The number of ether oxygens (including phenoxy) is 3. The van der Waals surface area contributed by atoms with E-state index >= 15 is 0 Å². The molecule has 2 aromatic rings. The lowest BCUT2D eigenvalue weighted by atomic mass is 10.0. The maximum absolute atomic E-state index is 14.4. The number of hydrogen-bond donors (Lipinski definition) is 0. The van der Waals surface area contributed by atoms with Crippen LogP contribution in [0.2, 0.25) is 0 Å². The third-order valence-electron chi connectivity index (χ3n) is 6.87. The van der Waals surface area contributed by atoms with Gasteiger partial charge in [0.05, 0.1) is 30.3 Å². The zero-order valence-corrected chi connectivity index (χ0v) is 19.5. The Hall–Kier alpha value is -2.54. The van der Waals surface area contributed by atoms with Crippen LogP contribution in [0, 0.1) is 11.7 Å². The summed E-state index contributed by atoms with van der Waals surface area (Å²) < 4.78 is 31.6. The van der Waals surface area contributed by atoms with Crippen molar-refractivity contribution >= 4 is 11.4 Å². The average molecular weight is 444 g/mol. The van der Waals surface area contributed by atoms with E-state index in [2.05, 4.69) is 34.7 Å². The Morgan fingerprint density at radius 2 is 1.91 bits per heavy atom. The quantitative estimate of drug-likeness (QED) is 0.627. The van der Waals surface area contributed by atoms with Crippen molar-refractivity contribution in [1.29, 1.82) is 0 Å². The van der Waals surface area contributed by atoms with Crippen LogP contribution in [-0.2, 0) is 4.74 Å². The Morgan fingerprint density at radius 1 is 1.12 bits per heavy atom. The smallest absolute Gasteiger partial charge is 0.213 e. The number of anilines is 2. The van der Waals surface area contributed by atoms with Crippen molar-refractivity contribution in [2.75, 3.05) is 43.2 Å². The van der Waals surface area contributed by atoms with Gasteiger partial charge in [-0.05, 0) is 32.0 Å². The zero-order valence-electron chi connectivity index (χ0n) is 19.5. The number of piperidine rings is 1. The standard InChI is InChI=1S/C25H34FN3O3/c1-5-31-21-7-8-22(26)23(14-21)28-12-10-20(11-13-28)32-25-9-6-19(15-27-25)29-16-24(30-4)17(2)18(29)3/h6-9,14-15,17-18,20,24H,5,10-13,16H2,1-4H3/t17-,18-,24-/m0/s1. The molecule has 0 saturated carbocycles. The molecule has 2 saturated heterocycles. The molecule has 0 bridgehead atoms. The Labute approximate surface area is 190 Å². The largest absolute Gasteiger partial charge is 0.494 e. The summed E-state index contributed by atoms with van der Waals surface area (Å²) in [4.78, 5) is 8.97. The normalized spacial score (nSPS) is 24.1. The fourth-order valence-electron chi connectivity index (χ4n) is 4.74. The molecule has 3 atom stereocenters. The molecule has 7 heteroatoms. The van der Waals surface area contributed by atoms with E-state index in [9.17, 15) is 4.39 Å². The highest BCUT2D eigenvalue weighted by Crippen LogP contribution is 2.32. The molecule has 2 aliphatic rings. The summed E-state index contributed by atoms with van der Waals surface area (Å²) >= 11 is 0. The number of methoxy groups -OCH3 is 1. The van der Waals surface area contributed by atoms with Crippen LogP contribution in [0.1, 0.15) is 33.6 Å². The van der Waals surface area contributed by atoms with Crippen molar-refractivity contribution in [1.82, 2.24) is 4.98 Å². The number of aromatic nitrogens is 1. The van der Waals surface area contributed by atoms with E-state index in [0.29, 0.717) is 35.9 Å². The van der Waals surface area contributed by atoms with Crippen molar-refractivity contribution in [3.63, 3.8) is 0 Å². The van der Waals surface area contributed by atoms with Gasteiger partial charge in [-0.2, -0.15) is 0 Å². The number of rotatable bonds is 7. The van der Waals surface area contributed by atoms with E-state index in [-0.39, 0.29) is 18.0 Å². The molecular weight excluding hydrogens is 409 g/mol. The van der Waals surface area contributed by atoms with E-state index < -0.39 is 0 Å². The Morgan fingerprint density at radius 3 is 2.53 bits per heavy atom. The van der Waals surface area contributed by atoms with Crippen molar-refractivity contribution in [2.45, 2.75) is 51.9 Å². The molecule has 0 spiro atoms. The maximum atomic E-state index is 14.4. The molecule has 0 N–H and O–H groups in total. The number of halogens is 1. The van der Waals surface area contributed by atoms with Gasteiger partial charge < -0.3 is 24.0 Å². The SMILES string of the molecule is CCOc1ccc(F)c(N2CCC(Oc3ccc(N4C[C@H](OC)[C@@H](C)[C@@H]4C)cn3)CC2)c1. The van der Waals surface area contributed by atoms with Gasteiger partial charge >= 0.3 is 0 Å². The Kier molecular flexibility index (Phi) is 7.04. The molecule has 1 aromatic heterocycles. The summed E-state index contributed by atoms with van der Waals surface area (Å²) in [5, 5.41) is 0. The number of nitrogens with zero attached hydrogens (tertiary/aromatic N) is 3. The topological polar surface area (TPSA) is 47.1 Å². The van der Waals surface area contributed by atoms with Gasteiger partial charge in [0.1, 0.15) is 17.7 Å². The third kappa shape index (κ3) is 4.77. The first kappa shape index (κ1) is 22.6. The predicted octanol–water partition coefficient (Wildman–Crippen LogP) is 4.53. The van der Waals surface area contributed by atoms with Gasteiger partial charge in [-0.25, -0.2) is 9.37 Å². The van der Waals surface area contributed by atoms with Gasteiger partial charge in [0, 0.05) is 63.7 Å². The molecule has 2 aliphatic heterocycles. The molecule has 0 aliphatic carbocycles.